The monoisotopic (exact) mass is 246 g/mol. The molecule has 0 aliphatic heterocycles. The highest BCUT2D eigenvalue weighted by molar-refractivity contribution is 4.83. The lowest BCUT2D eigenvalue weighted by Gasteiger charge is -2.23. The number of halogens is 8. The van der Waals surface area contributed by atoms with Crippen molar-refractivity contribution in [3.63, 3.8) is 0 Å². The van der Waals surface area contributed by atoms with E-state index in [1.54, 1.807) is 0 Å². The summed E-state index contributed by atoms with van der Waals surface area (Å²) in [7, 11) is 0. The van der Waals surface area contributed by atoms with E-state index < -0.39 is 37.9 Å². The Morgan fingerprint density at radius 1 is 0.800 bits per heavy atom. The first-order valence-corrected chi connectivity index (χ1v) is 3.54. The third-order valence-electron chi connectivity index (χ3n) is 1.38. The number of alkyl halides is 8. The molecule has 9 heteroatoms. The van der Waals surface area contributed by atoms with E-state index in [9.17, 15) is 35.1 Å². The third kappa shape index (κ3) is 4.63. The van der Waals surface area contributed by atoms with Crippen molar-refractivity contribution in [2.75, 3.05) is 13.3 Å². The van der Waals surface area contributed by atoms with Gasteiger partial charge in [0, 0.05) is 6.42 Å². The molecule has 0 amide bonds. The van der Waals surface area contributed by atoms with Gasteiger partial charge in [-0.05, 0) is 0 Å². The Balaban J connectivity index is 4.17. The highest BCUT2D eigenvalue weighted by atomic mass is 19.4. The minimum atomic E-state index is -5.18. The van der Waals surface area contributed by atoms with Gasteiger partial charge in [0.2, 0.25) is 0 Å². The minimum absolute atomic E-state index is 1.66. The smallest absolute Gasteiger partial charge is 0.292 e. The Labute approximate surface area is 79.0 Å². The van der Waals surface area contributed by atoms with Gasteiger partial charge in [-0.25, -0.2) is 4.39 Å². The second-order valence-electron chi connectivity index (χ2n) is 2.59. The molecule has 1 nitrogen and oxygen atoms in total. The zero-order chi connectivity index (χ0) is 12.3. The van der Waals surface area contributed by atoms with Crippen molar-refractivity contribution in [1.29, 1.82) is 0 Å². The van der Waals surface area contributed by atoms with Gasteiger partial charge in [-0.15, -0.1) is 13.2 Å². The van der Waals surface area contributed by atoms with Crippen LogP contribution in [0.15, 0.2) is 0 Å². The molecule has 0 saturated carbocycles. The second-order valence-corrected chi connectivity index (χ2v) is 2.59. The van der Waals surface area contributed by atoms with Crippen LogP contribution in [0.5, 0.6) is 0 Å². The van der Waals surface area contributed by atoms with Gasteiger partial charge in [0.1, 0.15) is 0 Å². The summed E-state index contributed by atoms with van der Waals surface area (Å²) in [4.78, 5) is 0. The van der Waals surface area contributed by atoms with Crippen LogP contribution >= 0.6 is 0 Å². The molecule has 0 N–H and O–H groups in total. The molecular weight excluding hydrogens is 240 g/mol. The fourth-order valence-corrected chi connectivity index (χ4v) is 0.576. The summed E-state index contributed by atoms with van der Waals surface area (Å²) in [6, 6.07) is 0. The van der Waals surface area contributed by atoms with E-state index >= 15 is 0 Å². The van der Waals surface area contributed by atoms with Crippen LogP contribution in [0.4, 0.5) is 35.1 Å². The van der Waals surface area contributed by atoms with Gasteiger partial charge in [0.25, 0.3) is 0 Å². The number of hydrogen-bond donors (Lipinski definition) is 0. The Kier molecular flexibility index (Phi) is 4.32. The number of rotatable bonds is 5. The molecule has 0 aliphatic carbocycles. The first-order chi connectivity index (χ1) is 6.52. The van der Waals surface area contributed by atoms with Crippen LogP contribution in [0.3, 0.4) is 0 Å². The van der Waals surface area contributed by atoms with E-state index in [-0.39, 0.29) is 0 Å². The largest absolute Gasteiger partial charge is 0.522 e. The van der Waals surface area contributed by atoms with Crippen molar-refractivity contribution >= 4 is 0 Å². The molecule has 0 aromatic rings. The van der Waals surface area contributed by atoms with E-state index in [4.69, 9.17) is 0 Å². The molecule has 92 valence electrons. The molecule has 0 heterocycles. The van der Waals surface area contributed by atoms with Crippen LogP contribution in [0.25, 0.3) is 0 Å². The molecule has 0 fully saturated rings. The maximum atomic E-state index is 12.3. The standard InChI is InChI=1S/C6H6F8O/c7-3-5(10,11)4(8,9)1-2-15-6(12,13)14/h1-3H2. The maximum Gasteiger partial charge on any atom is 0.522 e. The topological polar surface area (TPSA) is 9.23 Å². The highest BCUT2D eigenvalue weighted by Crippen LogP contribution is 2.37. The molecular formula is C6H6F8O. The van der Waals surface area contributed by atoms with E-state index in [1.165, 1.54) is 0 Å². The summed E-state index contributed by atoms with van der Waals surface area (Å²) >= 11 is 0. The normalized spacial score (nSPS) is 14.4. The third-order valence-corrected chi connectivity index (χ3v) is 1.38. The minimum Gasteiger partial charge on any atom is -0.292 e. The molecule has 0 atom stereocenters. The Bertz CT molecular complexity index is 198. The van der Waals surface area contributed by atoms with Gasteiger partial charge in [-0.2, -0.15) is 17.6 Å². The van der Waals surface area contributed by atoms with E-state index in [1.807, 2.05) is 0 Å². The Hall–Kier alpha value is -0.600. The maximum absolute atomic E-state index is 12.3. The molecule has 0 spiro atoms. The van der Waals surface area contributed by atoms with Gasteiger partial charge in [-0.1, -0.05) is 0 Å². The summed E-state index contributed by atoms with van der Waals surface area (Å²) in [5.41, 5.74) is 0. The highest BCUT2D eigenvalue weighted by Gasteiger charge is 2.56. The molecule has 0 saturated heterocycles. The van der Waals surface area contributed by atoms with Crippen LogP contribution in [-0.4, -0.2) is 31.5 Å². The lowest BCUT2D eigenvalue weighted by atomic mass is 10.1. The average molecular weight is 246 g/mol. The van der Waals surface area contributed by atoms with Gasteiger partial charge >= 0.3 is 18.2 Å². The Morgan fingerprint density at radius 2 is 1.27 bits per heavy atom. The molecule has 0 aliphatic rings. The van der Waals surface area contributed by atoms with Crippen molar-refractivity contribution in [1.82, 2.24) is 0 Å². The summed E-state index contributed by atoms with van der Waals surface area (Å²) in [5.74, 6) is -9.85. The van der Waals surface area contributed by atoms with Crippen LogP contribution in [-0.2, 0) is 4.74 Å². The SMILES string of the molecule is FCC(F)(F)C(F)(F)CCOC(F)(F)F. The van der Waals surface area contributed by atoms with Crippen molar-refractivity contribution in [3.8, 4) is 0 Å². The van der Waals surface area contributed by atoms with Crippen molar-refractivity contribution in [2.24, 2.45) is 0 Å². The molecule has 0 rings (SSSR count). The van der Waals surface area contributed by atoms with Gasteiger partial charge in [-0.3, -0.25) is 4.74 Å². The van der Waals surface area contributed by atoms with Crippen molar-refractivity contribution in [2.45, 2.75) is 24.6 Å². The first-order valence-electron chi connectivity index (χ1n) is 3.54. The molecule has 0 aromatic carbocycles. The van der Waals surface area contributed by atoms with Crippen LogP contribution < -0.4 is 0 Å². The average Bonchev–Trinajstić information content (AvgIpc) is 2.01. The molecule has 0 aromatic heterocycles. The van der Waals surface area contributed by atoms with Crippen LogP contribution in [0, 0.1) is 0 Å². The quantitative estimate of drug-likeness (QED) is 0.677. The summed E-state index contributed by atoms with van der Waals surface area (Å²) in [5, 5.41) is 0. The van der Waals surface area contributed by atoms with Crippen LogP contribution in [0.2, 0.25) is 0 Å². The summed E-state index contributed by atoms with van der Waals surface area (Å²) < 4.78 is 97.0. The second kappa shape index (κ2) is 4.50. The van der Waals surface area contributed by atoms with Gasteiger partial charge in [0.15, 0.2) is 6.67 Å². The predicted octanol–water partition coefficient (Wildman–Crippen LogP) is 3.15. The fourth-order valence-electron chi connectivity index (χ4n) is 0.576. The van der Waals surface area contributed by atoms with Gasteiger partial charge < -0.3 is 0 Å². The lowest BCUT2D eigenvalue weighted by molar-refractivity contribution is -0.331. The predicted molar refractivity (Wildman–Crippen MR) is 32.5 cm³/mol. The van der Waals surface area contributed by atoms with Crippen molar-refractivity contribution < 1.29 is 39.9 Å². The first kappa shape index (κ1) is 14.4. The molecule has 0 unspecified atom stereocenters. The Morgan fingerprint density at radius 3 is 1.60 bits per heavy atom. The van der Waals surface area contributed by atoms with Crippen LogP contribution in [0.1, 0.15) is 6.42 Å². The summed E-state index contributed by atoms with van der Waals surface area (Å²) in [6.07, 6.45) is -7.09. The fraction of sp³-hybridized carbons (Fsp3) is 1.00. The van der Waals surface area contributed by atoms with Gasteiger partial charge in [0.05, 0.1) is 6.61 Å². The van der Waals surface area contributed by atoms with E-state index in [2.05, 4.69) is 4.74 Å². The zero-order valence-corrected chi connectivity index (χ0v) is 7.05. The summed E-state index contributed by atoms with van der Waals surface area (Å²) in [6.45, 7) is -4.31. The molecule has 15 heavy (non-hydrogen) atoms. The van der Waals surface area contributed by atoms with E-state index in [0.717, 1.165) is 0 Å². The molecule has 0 bridgehead atoms. The zero-order valence-electron chi connectivity index (χ0n) is 7.05. The number of hydrogen-bond acceptors (Lipinski definition) is 1. The number of ether oxygens (including phenoxy) is 1. The molecule has 0 radical (unpaired) electrons. The lowest BCUT2D eigenvalue weighted by Crippen LogP contribution is -2.43. The van der Waals surface area contributed by atoms with Crippen molar-refractivity contribution in [3.05, 3.63) is 0 Å². The van der Waals surface area contributed by atoms with E-state index in [0.29, 0.717) is 0 Å².